The zero-order valence-corrected chi connectivity index (χ0v) is 14.0. The molecule has 0 atom stereocenters. The third kappa shape index (κ3) is 3.23. The van der Waals surface area contributed by atoms with Gasteiger partial charge in [-0.1, -0.05) is 0 Å². The van der Waals surface area contributed by atoms with Gasteiger partial charge in [-0.15, -0.1) is 0 Å². The van der Waals surface area contributed by atoms with E-state index >= 15 is 0 Å². The first kappa shape index (κ1) is 16.4. The van der Waals surface area contributed by atoms with Crippen molar-refractivity contribution >= 4 is 11.9 Å². The Morgan fingerprint density at radius 1 is 1.29 bits per heavy atom. The van der Waals surface area contributed by atoms with Gasteiger partial charge in [0.2, 0.25) is 11.9 Å². The fourth-order valence-corrected chi connectivity index (χ4v) is 3.10. The van der Waals surface area contributed by atoms with Gasteiger partial charge in [0.05, 0.1) is 31.0 Å². The molecule has 0 fully saturated rings. The SMILES string of the molecule is Cc1nc(N)nc(C)c1CC(=O)N1CCCn2nc(CO)cc2C1. The molecule has 2 aromatic rings. The van der Waals surface area contributed by atoms with Crippen LogP contribution in [0.25, 0.3) is 0 Å². The van der Waals surface area contributed by atoms with Crippen molar-refractivity contribution < 1.29 is 9.90 Å². The Bertz CT molecular complexity index is 747. The van der Waals surface area contributed by atoms with Gasteiger partial charge in [0.25, 0.3) is 0 Å². The van der Waals surface area contributed by atoms with Crippen LogP contribution in [0.2, 0.25) is 0 Å². The number of nitrogens with zero attached hydrogens (tertiary/aromatic N) is 5. The third-order valence-corrected chi connectivity index (χ3v) is 4.35. The van der Waals surface area contributed by atoms with Crippen LogP contribution in [-0.2, 0) is 30.9 Å². The number of aliphatic hydroxyl groups excluding tert-OH is 1. The highest BCUT2D eigenvalue weighted by atomic mass is 16.3. The summed E-state index contributed by atoms with van der Waals surface area (Å²) in [5, 5.41) is 13.6. The molecule has 24 heavy (non-hydrogen) atoms. The number of rotatable bonds is 3. The summed E-state index contributed by atoms with van der Waals surface area (Å²) in [6.45, 7) is 5.54. The van der Waals surface area contributed by atoms with Gasteiger partial charge in [-0.05, 0) is 26.3 Å². The van der Waals surface area contributed by atoms with Crippen LogP contribution in [0.5, 0.6) is 0 Å². The number of anilines is 1. The zero-order chi connectivity index (χ0) is 17.3. The molecule has 1 aliphatic rings. The molecule has 8 heteroatoms. The average molecular weight is 330 g/mol. The molecule has 0 radical (unpaired) electrons. The normalized spacial score (nSPS) is 14.4. The molecule has 2 aromatic heterocycles. The molecule has 0 bridgehead atoms. The van der Waals surface area contributed by atoms with Gasteiger partial charge >= 0.3 is 0 Å². The van der Waals surface area contributed by atoms with Crippen LogP contribution in [0.1, 0.15) is 34.8 Å². The number of aryl methyl sites for hydroxylation is 3. The Morgan fingerprint density at radius 3 is 2.67 bits per heavy atom. The number of hydrogen-bond acceptors (Lipinski definition) is 6. The highest BCUT2D eigenvalue weighted by molar-refractivity contribution is 5.79. The monoisotopic (exact) mass is 330 g/mol. The summed E-state index contributed by atoms with van der Waals surface area (Å²) in [6.07, 6.45) is 1.10. The molecule has 8 nitrogen and oxygen atoms in total. The molecule has 3 N–H and O–H groups in total. The van der Waals surface area contributed by atoms with Gasteiger partial charge in [0.15, 0.2) is 0 Å². The fourth-order valence-electron chi connectivity index (χ4n) is 3.10. The number of hydrogen-bond donors (Lipinski definition) is 2. The van der Waals surface area contributed by atoms with E-state index in [1.54, 1.807) is 0 Å². The molecule has 0 saturated heterocycles. The van der Waals surface area contributed by atoms with E-state index < -0.39 is 0 Å². The summed E-state index contributed by atoms with van der Waals surface area (Å²) in [7, 11) is 0. The highest BCUT2D eigenvalue weighted by Crippen LogP contribution is 2.17. The summed E-state index contributed by atoms with van der Waals surface area (Å²) < 4.78 is 1.88. The topological polar surface area (TPSA) is 110 Å². The van der Waals surface area contributed by atoms with Crippen LogP contribution in [0.15, 0.2) is 6.07 Å². The second-order valence-electron chi connectivity index (χ2n) is 6.09. The summed E-state index contributed by atoms with van der Waals surface area (Å²) in [5.41, 5.74) is 9.56. The second kappa shape index (κ2) is 6.56. The van der Waals surface area contributed by atoms with E-state index in [9.17, 15) is 9.90 Å². The first-order chi connectivity index (χ1) is 11.5. The van der Waals surface area contributed by atoms with Crippen molar-refractivity contribution in [3.05, 3.63) is 34.4 Å². The van der Waals surface area contributed by atoms with E-state index in [4.69, 9.17) is 5.73 Å². The molecular weight excluding hydrogens is 308 g/mol. The van der Waals surface area contributed by atoms with Crippen molar-refractivity contribution in [1.82, 2.24) is 24.6 Å². The van der Waals surface area contributed by atoms with Crippen LogP contribution in [-0.4, -0.2) is 42.2 Å². The number of fused-ring (bicyclic) bond motifs is 1. The average Bonchev–Trinajstić information content (AvgIpc) is 2.81. The Morgan fingerprint density at radius 2 is 2.00 bits per heavy atom. The second-order valence-corrected chi connectivity index (χ2v) is 6.09. The van der Waals surface area contributed by atoms with E-state index in [-0.39, 0.29) is 24.9 Å². The largest absolute Gasteiger partial charge is 0.390 e. The number of nitrogens with two attached hydrogens (primary N) is 1. The minimum absolute atomic E-state index is 0.0368. The predicted molar refractivity (Wildman–Crippen MR) is 87.8 cm³/mol. The van der Waals surface area contributed by atoms with Gasteiger partial charge in [-0.2, -0.15) is 5.10 Å². The van der Waals surface area contributed by atoms with Crippen LogP contribution < -0.4 is 5.73 Å². The summed E-state index contributed by atoms with van der Waals surface area (Å²) in [5.74, 6) is 0.270. The lowest BCUT2D eigenvalue weighted by Crippen LogP contribution is -2.32. The third-order valence-electron chi connectivity index (χ3n) is 4.35. The Labute approximate surface area is 140 Å². The van der Waals surface area contributed by atoms with Gasteiger partial charge in [0.1, 0.15) is 0 Å². The van der Waals surface area contributed by atoms with Crippen molar-refractivity contribution in [2.75, 3.05) is 12.3 Å². The van der Waals surface area contributed by atoms with Crippen LogP contribution >= 0.6 is 0 Å². The Balaban J connectivity index is 1.78. The first-order valence-corrected chi connectivity index (χ1v) is 8.01. The summed E-state index contributed by atoms with van der Waals surface area (Å²) >= 11 is 0. The number of carbonyl (C=O) groups excluding carboxylic acids is 1. The number of nitrogen functional groups attached to an aromatic ring is 1. The number of amides is 1. The number of aromatic nitrogens is 4. The van der Waals surface area contributed by atoms with Crippen LogP contribution in [0.3, 0.4) is 0 Å². The van der Waals surface area contributed by atoms with E-state index in [1.807, 2.05) is 29.5 Å². The minimum Gasteiger partial charge on any atom is -0.390 e. The maximum absolute atomic E-state index is 12.8. The van der Waals surface area contributed by atoms with Crippen molar-refractivity contribution in [2.24, 2.45) is 0 Å². The summed E-state index contributed by atoms with van der Waals surface area (Å²) in [4.78, 5) is 22.9. The summed E-state index contributed by atoms with van der Waals surface area (Å²) in [6, 6.07) is 1.86. The standard InChI is InChI=1S/C16H22N6O2/c1-10-14(11(2)19-16(17)18-10)7-15(24)21-4-3-5-22-13(8-21)6-12(9-23)20-22/h6,23H,3-5,7-9H2,1-2H3,(H2,17,18,19). The zero-order valence-electron chi connectivity index (χ0n) is 14.0. The quantitative estimate of drug-likeness (QED) is 0.840. The van der Waals surface area contributed by atoms with Crippen molar-refractivity contribution in [2.45, 2.75) is 46.4 Å². The molecule has 0 aromatic carbocycles. The highest BCUT2D eigenvalue weighted by Gasteiger charge is 2.22. The minimum atomic E-state index is -0.0882. The van der Waals surface area contributed by atoms with E-state index in [0.717, 1.165) is 35.6 Å². The van der Waals surface area contributed by atoms with Crippen molar-refractivity contribution in [3.8, 4) is 0 Å². The molecule has 0 saturated carbocycles. The molecule has 0 aliphatic carbocycles. The van der Waals surface area contributed by atoms with E-state index in [1.165, 1.54) is 0 Å². The lowest BCUT2D eigenvalue weighted by Gasteiger charge is -2.21. The van der Waals surface area contributed by atoms with E-state index in [0.29, 0.717) is 18.8 Å². The Hall–Kier alpha value is -2.48. The van der Waals surface area contributed by atoms with Crippen LogP contribution in [0, 0.1) is 13.8 Å². The van der Waals surface area contributed by atoms with Gasteiger partial charge < -0.3 is 15.7 Å². The molecule has 128 valence electrons. The lowest BCUT2D eigenvalue weighted by molar-refractivity contribution is -0.131. The van der Waals surface area contributed by atoms with Crippen molar-refractivity contribution in [3.63, 3.8) is 0 Å². The van der Waals surface area contributed by atoms with Gasteiger partial charge in [-0.3, -0.25) is 9.48 Å². The fraction of sp³-hybridized carbons (Fsp3) is 0.500. The lowest BCUT2D eigenvalue weighted by atomic mass is 10.1. The molecule has 0 unspecified atom stereocenters. The number of carbonyl (C=O) groups is 1. The number of aliphatic hydroxyl groups is 1. The molecule has 3 rings (SSSR count). The van der Waals surface area contributed by atoms with Gasteiger partial charge in [0, 0.05) is 30.0 Å². The van der Waals surface area contributed by atoms with Gasteiger partial charge in [-0.25, -0.2) is 9.97 Å². The first-order valence-electron chi connectivity index (χ1n) is 8.01. The maximum Gasteiger partial charge on any atom is 0.227 e. The Kier molecular flexibility index (Phi) is 4.48. The molecule has 1 aliphatic heterocycles. The van der Waals surface area contributed by atoms with Crippen molar-refractivity contribution in [1.29, 1.82) is 0 Å². The molecule has 3 heterocycles. The smallest absolute Gasteiger partial charge is 0.227 e. The maximum atomic E-state index is 12.8. The molecular formula is C16H22N6O2. The van der Waals surface area contributed by atoms with Crippen LogP contribution in [0.4, 0.5) is 5.95 Å². The molecule has 0 spiro atoms. The molecule has 1 amide bonds. The predicted octanol–water partition coefficient (Wildman–Crippen LogP) is 0.339. The van der Waals surface area contributed by atoms with E-state index in [2.05, 4.69) is 15.1 Å².